The van der Waals surface area contributed by atoms with Crippen LogP contribution in [0, 0.1) is 5.92 Å². The molecule has 1 saturated carbocycles. The fourth-order valence-corrected chi connectivity index (χ4v) is 4.45. The molecule has 84 valence electrons. The van der Waals surface area contributed by atoms with Crippen LogP contribution in [0.4, 0.5) is 0 Å². The van der Waals surface area contributed by atoms with Gasteiger partial charge in [-0.2, -0.15) is 0 Å². The molecule has 0 radical (unpaired) electrons. The van der Waals surface area contributed by atoms with Gasteiger partial charge >= 0.3 is 0 Å². The van der Waals surface area contributed by atoms with Gasteiger partial charge in [0.1, 0.15) is 0 Å². The second-order valence-corrected chi connectivity index (χ2v) is 7.94. The Morgan fingerprint density at radius 2 is 2.07 bits per heavy atom. The van der Waals surface area contributed by atoms with Gasteiger partial charge in [0.25, 0.3) is 0 Å². The van der Waals surface area contributed by atoms with Crippen LogP contribution in [0.25, 0.3) is 0 Å². The molecule has 15 heavy (non-hydrogen) atoms. The number of hydrogen-bond donors (Lipinski definition) is 0. The van der Waals surface area contributed by atoms with Gasteiger partial charge in [0.2, 0.25) is 0 Å². The minimum absolute atomic E-state index is 0.564. The van der Waals surface area contributed by atoms with E-state index in [0.717, 1.165) is 5.92 Å². The summed E-state index contributed by atoms with van der Waals surface area (Å²) >= 11 is 9.16. The maximum Gasteiger partial charge on any atom is 0.0701 e. The average Bonchev–Trinajstić information content (AvgIpc) is 2.84. The highest BCUT2D eigenvalue weighted by Crippen LogP contribution is 2.38. The largest absolute Gasteiger partial charge is 0.132 e. The third-order valence-electron chi connectivity index (χ3n) is 3.21. The Labute approximate surface area is 113 Å². The van der Waals surface area contributed by atoms with Crippen molar-refractivity contribution in [1.29, 1.82) is 0 Å². The summed E-state index contributed by atoms with van der Waals surface area (Å²) in [5.41, 5.74) is 0. The molecule has 1 aliphatic carbocycles. The minimum Gasteiger partial charge on any atom is -0.132 e. The number of rotatable bonds is 4. The molecule has 2 rings (SSSR count). The van der Waals surface area contributed by atoms with E-state index in [0.29, 0.717) is 4.83 Å². The third-order valence-corrected chi connectivity index (χ3v) is 6.20. The van der Waals surface area contributed by atoms with Crippen molar-refractivity contribution in [3.8, 4) is 0 Å². The van der Waals surface area contributed by atoms with Crippen LogP contribution in [0.15, 0.2) is 15.9 Å². The topological polar surface area (TPSA) is 0 Å². The van der Waals surface area contributed by atoms with Crippen LogP contribution in [0.1, 0.15) is 48.2 Å². The van der Waals surface area contributed by atoms with E-state index in [9.17, 15) is 0 Å². The molecule has 0 nitrogen and oxygen atoms in total. The van der Waals surface area contributed by atoms with Crippen molar-refractivity contribution in [2.45, 2.75) is 43.4 Å². The lowest BCUT2D eigenvalue weighted by atomic mass is 10.0. The van der Waals surface area contributed by atoms with E-state index >= 15 is 0 Å². The SMILES string of the molecule is Brc1ccc(C(Br)CCC2CCCC2)s1. The van der Waals surface area contributed by atoms with Crippen LogP contribution >= 0.6 is 43.2 Å². The molecule has 0 bridgehead atoms. The van der Waals surface area contributed by atoms with Gasteiger partial charge < -0.3 is 0 Å². The Morgan fingerprint density at radius 3 is 2.67 bits per heavy atom. The summed E-state index contributed by atoms with van der Waals surface area (Å²) in [5, 5.41) is 0. The highest BCUT2D eigenvalue weighted by molar-refractivity contribution is 9.11. The van der Waals surface area contributed by atoms with Gasteiger partial charge in [-0.1, -0.05) is 41.6 Å². The van der Waals surface area contributed by atoms with Crippen LogP contribution in [0.5, 0.6) is 0 Å². The predicted molar refractivity (Wildman–Crippen MR) is 74.9 cm³/mol. The second-order valence-electron chi connectivity index (χ2n) is 4.34. The maximum absolute atomic E-state index is 3.80. The highest BCUT2D eigenvalue weighted by atomic mass is 79.9. The van der Waals surface area contributed by atoms with Crippen molar-refractivity contribution in [2.75, 3.05) is 0 Å². The zero-order chi connectivity index (χ0) is 10.7. The molecule has 1 unspecified atom stereocenters. The summed E-state index contributed by atoms with van der Waals surface area (Å²) in [4.78, 5) is 2.02. The summed E-state index contributed by atoms with van der Waals surface area (Å²) in [5.74, 6) is 1.01. The van der Waals surface area contributed by atoms with Gasteiger partial charge in [-0.05, 0) is 46.8 Å². The van der Waals surface area contributed by atoms with E-state index in [1.54, 1.807) is 0 Å². The van der Waals surface area contributed by atoms with E-state index in [2.05, 4.69) is 44.0 Å². The number of halogens is 2. The van der Waals surface area contributed by atoms with E-state index < -0.39 is 0 Å². The van der Waals surface area contributed by atoms with Gasteiger partial charge in [-0.15, -0.1) is 11.3 Å². The summed E-state index contributed by atoms with van der Waals surface area (Å²) in [6, 6.07) is 4.37. The van der Waals surface area contributed by atoms with Gasteiger partial charge in [0.05, 0.1) is 3.79 Å². The molecule has 0 N–H and O–H groups in total. The lowest BCUT2D eigenvalue weighted by Gasteiger charge is -2.11. The third kappa shape index (κ3) is 3.57. The molecular formula is C12H16Br2S. The van der Waals surface area contributed by atoms with Crippen molar-refractivity contribution >= 4 is 43.2 Å². The van der Waals surface area contributed by atoms with Crippen molar-refractivity contribution in [1.82, 2.24) is 0 Å². The normalized spacial score (nSPS) is 19.6. The molecule has 0 aromatic carbocycles. The molecule has 0 saturated heterocycles. The maximum atomic E-state index is 3.80. The Hall–Kier alpha value is 0.660. The van der Waals surface area contributed by atoms with Crippen LogP contribution in [0.2, 0.25) is 0 Å². The molecule has 1 aliphatic rings. The highest BCUT2D eigenvalue weighted by Gasteiger charge is 2.17. The van der Waals surface area contributed by atoms with E-state index in [-0.39, 0.29) is 0 Å². The summed E-state index contributed by atoms with van der Waals surface area (Å²) in [7, 11) is 0. The van der Waals surface area contributed by atoms with Gasteiger partial charge in [-0.3, -0.25) is 0 Å². The van der Waals surface area contributed by atoms with Crippen molar-refractivity contribution in [3.63, 3.8) is 0 Å². The molecular weight excluding hydrogens is 336 g/mol. The molecule has 1 heterocycles. The minimum atomic E-state index is 0.564. The lowest BCUT2D eigenvalue weighted by Crippen LogP contribution is -1.95. The summed E-state index contributed by atoms with van der Waals surface area (Å²) in [6.07, 6.45) is 8.54. The molecule has 0 aliphatic heterocycles. The molecule has 1 aromatic heterocycles. The van der Waals surface area contributed by atoms with E-state index in [4.69, 9.17) is 0 Å². The first-order chi connectivity index (χ1) is 7.25. The van der Waals surface area contributed by atoms with Gasteiger partial charge in [0, 0.05) is 9.70 Å². The van der Waals surface area contributed by atoms with E-state index in [1.165, 1.54) is 47.2 Å². The Balaban J connectivity index is 1.79. The fraction of sp³-hybridized carbons (Fsp3) is 0.667. The van der Waals surface area contributed by atoms with Crippen molar-refractivity contribution in [3.05, 3.63) is 20.8 Å². The smallest absolute Gasteiger partial charge is 0.0701 e. The van der Waals surface area contributed by atoms with E-state index in [1.807, 2.05) is 11.3 Å². The molecule has 1 atom stereocenters. The first-order valence-corrected chi connectivity index (χ1v) is 8.17. The van der Waals surface area contributed by atoms with Crippen LogP contribution in [0.3, 0.4) is 0 Å². The van der Waals surface area contributed by atoms with Gasteiger partial charge in [-0.25, -0.2) is 0 Å². The van der Waals surface area contributed by atoms with Crippen LogP contribution < -0.4 is 0 Å². The first-order valence-electron chi connectivity index (χ1n) is 5.65. The molecule has 0 spiro atoms. The quantitative estimate of drug-likeness (QED) is 0.591. The van der Waals surface area contributed by atoms with Crippen LogP contribution in [-0.4, -0.2) is 0 Å². The zero-order valence-electron chi connectivity index (χ0n) is 8.72. The molecule has 3 heteroatoms. The zero-order valence-corrected chi connectivity index (χ0v) is 12.7. The fourth-order valence-electron chi connectivity index (χ4n) is 2.32. The standard InChI is InChI=1S/C12H16Br2S/c13-10(11-7-8-12(14)15-11)6-5-9-3-1-2-4-9/h7-10H,1-6H2. The molecule has 0 amide bonds. The predicted octanol–water partition coefficient (Wildman–Crippen LogP) is 5.92. The molecule has 1 fully saturated rings. The monoisotopic (exact) mass is 350 g/mol. The average molecular weight is 352 g/mol. The van der Waals surface area contributed by atoms with Crippen molar-refractivity contribution < 1.29 is 0 Å². The second kappa shape index (κ2) is 5.83. The summed E-state index contributed by atoms with van der Waals surface area (Å²) < 4.78 is 1.24. The molecule has 1 aromatic rings. The van der Waals surface area contributed by atoms with Crippen molar-refractivity contribution in [2.24, 2.45) is 5.92 Å². The number of alkyl halides is 1. The Morgan fingerprint density at radius 1 is 1.33 bits per heavy atom. The van der Waals surface area contributed by atoms with Gasteiger partial charge in [0.15, 0.2) is 0 Å². The van der Waals surface area contributed by atoms with Crippen LogP contribution in [-0.2, 0) is 0 Å². The number of thiophene rings is 1. The Bertz CT molecular complexity index is 302. The first kappa shape index (κ1) is 12.1. The number of hydrogen-bond acceptors (Lipinski definition) is 1. The summed E-state index contributed by atoms with van der Waals surface area (Å²) in [6.45, 7) is 0. The Kier molecular flexibility index (Phi) is 4.71. The lowest BCUT2D eigenvalue weighted by molar-refractivity contribution is 0.484.